The number of H-pyrrole nitrogens is 1. The Balaban J connectivity index is 0.00000272. The Morgan fingerprint density at radius 2 is 2.00 bits per heavy atom. The summed E-state index contributed by atoms with van der Waals surface area (Å²) >= 11 is 12.5. The molecule has 1 aliphatic rings. The first kappa shape index (κ1) is 23.5. The minimum absolute atomic E-state index is 0. The fraction of sp³-hybridized carbons (Fsp3) is 0.333. The van der Waals surface area contributed by atoms with E-state index in [1.54, 1.807) is 30.7 Å². The van der Waals surface area contributed by atoms with Gasteiger partial charge in [0.15, 0.2) is 11.6 Å². The first-order valence-corrected chi connectivity index (χ1v) is 10.6. The largest absolute Gasteiger partial charge is 0.365 e. The maximum absolute atomic E-state index is 12.8. The Labute approximate surface area is 197 Å². The molecule has 1 unspecified atom stereocenters. The molecule has 1 aliphatic heterocycles. The Morgan fingerprint density at radius 3 is 2.74 bits per heavy atom. The van der Waals surface area contributed by atoms with Crippen LogP contribution in [0.2, 0.25) is 10.0 Å². The molecule has 7 nitrogen and oxygen atoms in total. The molecule has 10 heteroatoms. The number of halogens is 3. The van der Waals surface area contributed by atoms with E-state index in [0.29, 0.717) is 40.1 Å². The third-order valence-electron chi connectivity index (χ3n) is 5.31. The molecule has 1 N–H and O–H groups in total. The van der Waals surface area contributed by atoms with Crippen LogP contribution in [-0.2, 0) is 0 Å². The van der Waals surface area contributed by atoms with Crippen LogP contribution < -0.4 is 4.90 Å². The third kappa shape index (κ3) is 5.36. The number of hydrogen-bond acceptors (Lipinski definition) is 6. The quantitative estimate of drug-likeness (QED) is 0.527. The minimum atomic E-state index is 0. The van der Waals surface area contributed by atoms with E-state index < -0.39 is 0 Å². The molecule has 1 atom stereocenters. The number of carbonyl (C=O) groups is 1. The number of aromatic amines is 1. The maximum atomic E-state index is 12.8. The molecule has 0 radical (unpaired) electrons. The smallest absolute Gasteiger partial charge is 0.178 e. The highest BCUT2D eigenvalue weighted by molar-refractivity contribution is 6.35. The zero-order valence-electron chi connectivity index (χ0n) is 17.0. The van der Waals surface area contributed by atoms with Crippen molar-refractivity contribution in [3.05, 3.63) is 58.5 Å². The van der Waals surface area contributed by atoms with E-state index in [1.807, 2.05) is 12.1 Å². The van der Waals surface area contributed by atoms with Crippen molar-refractivity contribution in [3.63, 3.8) is 0 Å². The first-order chi connectivity index (χ1) is 14.5. The van der Waals surface area contributed by atoms with Gasteiger partial charge < -0.3 is 4.90 Å². The number of rotatable bonds is 6. The molecule has 0 amide bonds. The highest BCUT2D eigenvalue weighted by atomic mass is 35.5. The third-order valence-corrected chi connectivity index (χ3v) is 5.87. The van der Waals surface area contributed by atoms with Crippen LogP contribution >= 0.6 is 35.6 Å². The Morgan fingerprint density at radius 1 is 1.23 bits per heavy atom. The average molecular weight is 482 g/mol. The van der Waals surface area contributed by atoms with Crippen molar-refractivity contribution in [3.8, 4) is 11.5 Å². The summed E-state index contributed by atoms with van der Waals surface area (Å²) in [4.78, 5) is 25.8. The number of benzene rings is 1. The molecule has 0 saturated carbocycles. The predicted molar refractivity (Wildman–Crippen MR) is 126 cm³/mol. The van der Waals surface area contributed by atoms with Gasteiger partial charge in [-0.2, -0.15) is 5.10 Å². The van der Waals surface area contributed by atoms with E-state index in [4.69, 9.17) is 23.2 Å². The standard InChI is InChI=1S/C21H22Cl2N6O.ClH/c1-14-13-28(9-10-29(14)18-11-15(22)3-4-17(18)23)8-5-19(30)16-12-26-27-20(16)21-24-6-2-7-25-21;/h2-4,6-7,11-12,14H,5,8-10,13H2,1H3,(H,26,27);1H. The van der Waals surface area contributed by atoms with Crippen LogP contribution in [0.4, 0.5) is 5.69 Å². The number of nitrogens with zero attached hydrogens (tertiary/aromatic N) is 5. The lowest BCUT2D eigenvalue weighted by molar-refractivity contribution is 0.0959. The highest BCUT2D eigenvalue weighted by Gasteiger charge is 2.26. The molecule has 0 spiro atoms. The molecule has 2 aromatic heterocycles. The summed E-state index contributed by atoms with van der Waals surface area (Å²) in [6, 6.07) is 7.53. The van der Waals surface area contributed by atoms with Crippen LogP contribution in [0, 0.1) is 0 Å². The second-order valence-corrected chi connectivity index (χ2v) is 8.19. The normalized spacial score (nSPS) is 16.7. The van der Waals surface area contributed by atoms with E-state index in [0.717, 1.165) is 25.3 Å². The van der Waals surface area contributed by atoms with Crippen molar-refractivity contribution in [2.45, 2.75) is 19.4 Å². The van der Waals surface area contributed by atoms with Gasteiger partial charge in [-0.05, 0) is 31.2 Å². The number of aromatic nitrogens is 4. The number of Topliss-reactive ketones (excluding diaryl/α,β-unsaturated/α-hetero) is 1. The molecule has 31 heavy (non-hydrogen) atoms. The number of ketones is 1. The van der Waals surface area contributed by atoms with Crippen molar-refractivity contribution < 1.29 is 4.79 Å². The lowest BCUT2D eigenvalue weighted by Crippen LogP contribution is -2.52. The first-order valence-electron chi connectivity index (χ1n) is 9.81. The number of nitrogens with one attached hydrogen (secondary N) is 1. The van der Waals surface area contributed by atoms with Gasteiger partial charge in [-0.25, -0.2) is 9.97 Å². The summed E-state index contributed by atoms with van der Waals surface area (Å²) in [7, 11) is 0. The topological polar surface area (TPSA) is 78.0 Å². The second kappa shape index (κ2) is 10.4. The fourth-order valence-corrected chi connectivity index (χ4v) is 4.18. The van der Waals surface area contributed by atoms with Gasteiger partial charge in [0.1, 0.15) is 5.69 Å². The SMILES string of the molecule is CC1CN(CCC(=O)c2cn[nH]c2-c2ncccn2)CCN1c1cc(Cl)ccc1Cl.Cl. The summed E-state index contributed by atoms with van der Waals surface area (Å²) in [5.41, 5.74) is 2.05. The fourth-order valence-electron chi connectivity index (χ4n) is 3.79. The molecule has 164 valence electrons. The molecular formula is C21H23Cl3N6O. The molecule has 4 rings (SSSR count). The van der Waals surface area contributed by atoms with Crippen LogP contribution in [0.25, 0.3) is 11.5 Å². The van der Waals surface area contributed by atoms with Gasteiger partial charge in [0.05, 0.1) is 22.5 Å². The van der Waals surface area contributed by atoms with E-state index in [1.165, 1.54) is 0 Å². The van der Waals surface area contributed by atoms with Gasteiger partial charge in [0.25, 0.3) is 0 Å². The van der Waals surface area contributed by atoms with Crippen molar-refractivity contribution in [2.75, 3.05) is 31.1 Å². The summed E-state index contributed by atoms with van der Waals surface area (Å²) in [6.07, 6.45) is 5.24. The van der Waals surface area contributed by atoms with E-state index in [2.05, 4.69) is 36.9 Å². The average Bonchev–Trinajstić information content (AvgIpc) is 3.25. The highest BCUT2D eigenvalue weighted by Crippen LogP contribution is 2.31. The lowest BCUT2D eigenvalue weighted by atomic mass is 10.1. The molecule has 0 bridgehead atoms. The number of hydrogen-bond donors (Lipinski definition) is 1. The zero-order chi connectivity index (χ0) is 21.1. The van der Waals surface area contributed by atoms with Crippen LogP contribution in [0.3, 0.4) is 0 Å². The monoisotopic (exact) mass is 480 g/mol. The van der Waals surface area contributed by atoms with Gasteiger partial charge >= 0.3 is 0 Å². The van der Waals surface area contributed by atoms with Gasteiger partial charge in [-0.3, -0.25) is 14.8 Å². The summed E-state index contributed by atoms with van der Waals surface area (Å²) < 4.78 is 0. The summed E-state index contributed by atoms with van der Waals surface area (Å²) in [6.45, 7) is 5.35. The molecular weight excluding hydrogens is 459 g/mol. The Kier molecular flexibility index (Phi) is 7.89. The van der Waals surface area contributed by atoms with Crippen LogP contribution in [0.15, 0.2) is 42.9 Å². The molecule has 1 fully saturated rings. The maximum Gasteiger partial charge on any atom is 0.178 e. The molecule has 1 saturated heterocycles. The Hall–Kier alpha value is -2.19. The zero-order valence-corrected chi connectivity index (χ0v) is 19.3. The Bertz CT molecular complexity index is 1030. The van der Waals surface area contributed by atoms with Crippen molar-refractivity contribution in [2.24, 2.45) is 0 Å². The van der Waals surface area contributed by atoms with Crippen molar-refractivity contribution in [1.82, 2.24) is 25.1 Å². The predicted octanol–water partition coefficient (Wildman–Crippen LogP) is 4.38. The van der Waals surface area contributed by atoms with Gasteiger partial charge in [-0.15, -0.1) is 12.4 Å². The number of carbonyl (C=O) groups excluding carboxylic acids is 1. The van der Waals surface area contributed by atoms with Crippen LogP contribution in [0.1, 0.15) is 23.7 Å². The number of piperazine rings is 1. The molecule has 3 heterocycles. The van der Waals surface area contributed by atoms with E-state index >= 15 is 0 Å². The molecule has 3 aromatic rings. The number of anilines is 1. The van der Waals surface area contributed by atoms with Gasteiger partial charge in [0, 0.05) is 56.1 Å². The lowest BCUT2D eigenvalue weighted by Gasteiger charge is -2.41. The van der Waals surface area contributed by atoms with Crippen LogP contribution in [0.5, 0.6) is 0 Å². The van der Waals surface area contributed by atoms with Gasteiger partial charge in [0.2, 0.25) is 0 Å². The minimum Gasteiger partial charge on any atom is -0.365 e. The van der Waals surface area contributed by atoms with E-state index in [9.17, 15) is 4.79 Å². The second-order valence-electron chi connectivity index (χ2n) is 7.34. The molecule has 0 aliphatic carbocycles. The van der Waals surface area contributed by atoms with Crippen molar-refractivity contribution >= 4 is 47.1 Å². The van der Waals surface area contributed by atoms with Crippen molar-refractivity contribution in [1.29, 1.82) is 0 Å². The summed E-state index contributed by atoms with van der Waals surface area (Å²) in [5.74, 6) is 0.498. The van der Waals surface area contributed by atoms with Gasteiger partial charge in [-0.1, -0.05) is 23.2 Å². The van der Waals surface area contributed by atoms with E-state index in [-0.39, 0.29) is 24.2 Å². The summed E-state index contributed by atoms with van der Waals surface area (Å²) in [5, 5.41) is 8.23. The van der Waals surface area contributed by atoms with Crippen LogP contribution in [-0.4, -0.2) is 63.1 Å². The molecule has 1 aromatic carbocycles.